The zero-order valence-electron chi connectivity index (χ0n) is 7.77. The first-order valence-corrected chi connectivity index (χ1v) is 3.81. The summed E-state index contributed by atoms with van der Waals surface area (Å²) in [6.07, 6.45) is 3.79. The molecular formula is C10H18O4. The van der Waals surface area contributed by atoms with Crippen LogP contribution in [0.4, 0.5) is 0 Å². The lowest BCUT2D eigenvalue weighted by Gasteiger charge is -1.69. The molecule has 2 rings (SSSR count). The Morgan fingerprint density at radius 3 is 2.07 bits per heavy atom. The van der Waals surface area contributed by atoms with Gasteiger partial charge in [0.15, 0.2) is 12.0 Å². The Morgan fingerprint density at radius 1 is 1.21 bits per heavy atom. The maximum Gasteiger partial charge on any atom is 0.185 e. The van der Waals surface area contributed by atoms with Crippen LogP contribution in [-0.4, -0.2) is 11.8 Å². The van der Waals surface area contributed by atoms with Crippen LogP contribution in [0.2, 0.25) is 0 Å². The summed E-state index contributed by atoms with van der Waals surface area (Å²) in [5, 5.41) is 0. The Bertz CT molecular complexity index is 332. The van der Waals surface area contributed by atoms with Crippen LogP contribution in [0.3, 0.4) is 0 Å². The fourth-order valence-corrected chi connectivity index (χ4v) is 0.719. The minimum Gasteiger partial charge on any atom is -0.470 e. The highest BCUT2D eigenvalue weighted by Gasteiger charge is 1.84. The van der Waals surface area contributed by atoms with Gasteiger partial charge in [0.05, 0.1) is 12.5 Å². The molecule has 0 aliphatic rings. The second kappa shape index (κ2) is 6.68. The van der Waals surface area contributed by atoms with E-state index in [1.165, 1.54) is 6.26 Å². The Kier molecular flexibility index (Phi) is 5.82. The third-order valence-electron chi connectivity index (χ3n) is 1.32. The SMILES string of the molecule is Cc1ccco1.O.O=Cc1ccco1.[HH].[HH].[HH]. The molecule has 2 aromatic heterocycles. The lowest BCUT2D eigenvalue weighted by atomic mass is 10.5. The lowest BCUT2D eigenvalue weighted by Crippen LogP contribution is -1.65. The molecule has 0 bridgehead atoms. The van der Waals surface area contributed by atoms with E-state index in [0.29, 0.717) is 12.0 Å². The molecule has 2 heterocycles. The second-order valence-corrected chi connectivity index (χ2v) is 2.36. The highest BCUT2D eigenvalue weighted by Crippen LogP contribution is 1.93. The fourth-order valence-electron chi connectivity index (χ4n) is 0.719. The molecule has 0 unspecified atom stereocenters. The molecule has 82 valence electrons. The molecule has 4 heteroatoms. The summed E-state index contributed by atoms with van der Waals surface area (Å²) < 4.78 is 9.45. The number of rotatable bonds is 1. The molecule has 0 fully saturated rings. The van der Waals surface area contributed by atoms with Crippen LogP contribution in [0.25, 0.3) is 0 Å². The van der Waals surface area contributed by atoms with Gasteiger partial charge in [-0.15, -0.1) is 0 Å². The van der Waals surface area contributed by atoms with E-state index in [0.717, 1.165) is 5.76 Å². The van der Waals surface area contributed by atoms with E-state index in [1.54, 1.807) is 18.4 Å². The molecule has 0 radical (unpaired) electrons. The van der Waals surface area contributed by atoms with Gasteiger partial charge in [-0.1, -0.05) is 0 Å². The maximum absolute atomic E-state index is 9.77. The molecule has 4 nitrogen and oxygen atoms in total. The van der Waals surface area contributed by atoms with Crippen LogP contribution < -0.4 is 0 Å². The standard InChI is InChI=1S/C5H4O2.C5H6O.H2O.3H2/c6-4-5-2-1-3-7-5;1-5-3-2-4-6-5;;;;/h1-4H;2-4H,1H3;1H2;3*1H. The first kappa shape index (κ1) is 12.2. The van der Waals surface area contributed by atoms with Crippen LogP contribution in [-0.2, 0) is 0 Å². The van der Waals surface area contributed by atoms with Crippen molar-refractivity contribution in [1.29, 1.82) is 0 Å². The van der Waals surface area contributed by atoms with Crippen molar-refractivity contribution in [3.05, 3.63) is 48.3 Å². The van der Waals surface area contributed by atoms with E-state index >= 15 is 0 Å². The Balaban J connectivity index is -0.0000000810. The molecule has 0 aliphatic heterocycles. The number of aryl methyl sites for hydroxylation is 1. The zero-order chi connectivity index (χ0) is 9.52. The van der Waals surface area contributed by atoms with Gasteiger partial charge in [-0.05, 0) is 31.2 Å². The van der Waals surface area contributed by atoms with Crippen molar-refractivity contribution >= 4 is 6.29 Å². The quantitative estimate of drug-likeness (QED) is 0.667. The molecule has 0 spiro atoms. The van der Waals surface area contributed by atoms with Gasteiger partial charge in [-0.25, -0.2) is 0 Å². The van der Waals surface area contributed by atoms with Crippen LogP contribution in [0.1, 0.15) is 20.6 Å². The first-order chi connectivity index (χ1) is 6.33. The summed E-state index contributed by atoms with van der Waals surface area (Å²) in [6.45, 7) is 1.92. The van der Waals surface area contributed by atoms with Gasteiger partial charge in [0, 0.05) is 4.28 Å². The highest BCUT2D eigenvalue weighted by atomic mass is 16.3. The molecule has 2 N–H and O–H groups in total. The number of hydrogen-bond donors (Lipinski definition) is 0. The highest BCUT2D eigenvalue weighted by molar-refractivity contribution is 5.69. The summed E-state index contributed by atoms with van der Waals surface area (Å²) in [7, 11) is 0. The van der Waals surface area contributed by atoms with Crippen molar-refractivity contribution < 1.29 is 23.4 Å². The van der Waals surface area contributed by atoms with Crippen LogP contribution in [0.15, 0.2) is 45.6 Å². The second-order valence-electron chi connectivity index (χ2n) is 2.36. The monoisotopic (exact) mass is 202 g/mol. The largest absolute Gasteiger partial charge is 0.470 e. The Morgan fingerprint density at radius 2 is 1.86 bits per heavy atom. The molecule has 0 saturated carbocycles. The van der Waals surface area contributed by atoms with Crippen molar-refractivity contribution in [3.8, 4) is 0 Å². The van der Waals surface area contributed by atoms with E-state index in [4.69, 9.17) is 4.42 Å². The van der Waals surface area contributed by atoms with Gasteiger partial charge < -0.3 is 14.3 Å². The minimum absolute atomic E-state index is 0. The number of carbonyl (C=O) groups excluding carboxylic acids is 1. The van der Waals surface area contributed by atoms with Crippen LogP contribution in [0, 0.1) is 6.92 Å². The molecule has 0 atom stereocenters. The van der Waals surface area contributed by atoms with E-state index in [2.05, 4.69) is 4.42 Å². The predicted molar refractivity (Wildman–Crippen MR) is 57.5 cm³/mol. The van der Waals surface area contributed by atoms with Crippen LogP contribution >= 0.6 is 0 Å². The van der Waals surface area contributed by atoms with Crippen molar-refractivity contribution in [2.45, 2.75) is 6.92 Å². The average molecular weight is 202 g/mol. The zero-order valence-corrected chi connectivity index (χ0v) is 7.77. The van der Waals surface area contributed by atoms with Crippen LogP contribution in [0.5, 0.6) is 0 Å². The first-order valence-electron chi connectivity index (χ1n) is 3.81. The van der Waals surface area contributed by atoms with E-state index in [9.17, 15) is 4.79 Å². The minimum atomic E-state index is 0. The maximum atomic E-state index is 9.77. The average Bonchev–Trinajstić information content (AvgIpc) is 2.76. The molecule has 14 heavy (non-hydrogen) atoms. The van der Waals surface area contributed by atoms with Crippen molar-refractivity contribution in [2.24, 2.45) is 0 Å². The van der Waals surface area contributed by atoms with Gasteiger partial charge in [0.2, 0.25) is 0 Å². The van der Waals surface area contributed by atoms with E-state index in [1.807, 2.05) is 19.1 Å². The third kappa shape index (κ3) is 4.27. The van der Waals surface area contributed by atoms with Gasteiger partial charge in [0.1, 0.15) is 5.76 Å². The normalized spacial score (nSPS) is 8.07. The predicted octanol–water partition coefficient (Wildman–Crippen LogP) is 2.59. The van der Waals surface area contributed by atoms with Gasteiger partial charge in [-0.3, -0.25) is 4.79 Å². The molecular weight excluding hydrogens is 184 g/mol. The number of furan rings is 2. The number of carbonyl (C=O) groups is 1. The van der Waals surface area contributed by atoms with E-state index in [-0.39, 0.29) is 9.76 Å². The molecule has 0 amide bonds. The van der Waals surface area contributed by atoms with Gasteiger partial charge >= 0.3 is 0 Å². The molecule has 0 saturated heterocycles. The summed E-state index contributed by atoms with van der Waals surface area (Å²) in [4.78, 5) is 9.77. The topological polar surface area (TPSA) is 74.8 Å². The summed E-state index contributed by atoms with van der Waals surface area (Å²) in [6, 6.07) is 7.06. The number of hydrogen-bond acceptors (Lipinski definition) is 3. The van der Waals surface area contributed by atoms with Gasteiger partial charge in [0.25, 0.3) is 0 Å². The van der Waals surface area contributed by atoms with Crippen molar-refractivity contribution in [1.82, 2.24) is 0 Å². The Labute approximate surface area is 85.9 Å². The Hall–Kier alpha value is -1.81. The fraction of sp³-hybridized carbons (Fsp3) is 0.100. The van der Waals surface area contributed by atoms with E-state index < -0.39 is 0 Å². The molecule has 0 aliphatic carbocycles. The van der Waals surface area contributed by atoms with Crippen molar-refractivity contribution in [3.63, 3.8) is 0 Å². The lowest BCUT2D eigenvalue weighted by molar-refractivity contribution is 0.110. The number of aldehydes is 1. The summed E-state index contributed by atoms with van der Waals surface area (Å²) in [5.74, 6) is 1.34. The summed E-state index contributed by atoms with van der Waals surface area (Å²) >= 11 is 0. The third-order valence-corrected chi connectivity index (χ3v) is 1.32. The smallest absolute Gasteiger partial charge is 0.185 e. The molecule has 0 aromatic carbocycles. The molecule has 2 aromatic rings. The van der Waals surface area contributed by atoms with Crippen molar-refractivity contribution in [2.75, 3.05) is 0 Å². The summed E-state index contributed by atoms with van der Waals surface area (Å²) in [5.41, 5.74) is 0. The van der Waals surface area contributed by atoms with Gasteiger partial charge in [-0.2, -0.15) is 0 Å².